The summed E-state index contributed by atoms with van der Waals surface area (Å²) in [5.41, 5.74) is 3.09. The van der Waals surface area contributed by atoms with Gasteiger partial charge in [-0.05, 0) is 42.0 Å². The number of nitrogens with one attached hydrogen (secondary N) is 2. The fourth-order valence-corrected chi connectivity index (χ4v) is 2.42. The molecule has 2 rings (SSSR count). The quantitative estimate of drug-likeness (QED) is 0.516. The lowest BCUT2D eigenvalue weighted by Gasteiger charge is -2.06. The predicted molar refractivity (Wildman–Crippen MR) is 99.2 cm³/mol. The summed E-state index contributed by atoms with van der Waals surface area (Å²) < 4.78 is 4.97. The second kappa shape index (κ2) is 9.07. The van der Waals surface area contributed by atoms with Crippen LogP contribution in [0.5, 0.6) is 11.5 Å². The molecule has 0 heterocycles. The minimum absolute atomic E-state index is 0.00254. The number of carbonyl (C=O) groups excluding carboxylic acids is 2. The Bertz CT molecular complexity index is 856. The van der Waals surface area contributed by atoms with E-state index in [2.05, 4.69) is 15.8 Å². The van der Waals surface area contributed by atoms with E-state index in [1.54, 1.807) is 12.1 Å². The molecule has 7 nitrogen and oxygen atoms in total. The second-order valence-electron chi connectivity index (χ2n) is 5.03. The summed E-state index contributed by atoms with van der Waals surface area (Å²) in [4.78, 5) is 23.7. The van der Waals surface area contributed by atoms with Crippen molar-refractivity contribution < 1.29 is 19.4 Å². The molecular weight excluding hydrogens is 381 g/mol. The maximum Gasteiger partial charge on any atom is 0.259 e. The lowest BCUT2D eigenvalue weighted by Crippen LogP contribution is -2.35. The first-order valence-electron chi connectivity index (χ1n) is 7.33. The number of benzene rings is 2. The molecule has 2 amide bonds. The van der Waals surface area contributed by atoms with Gasteiger partial charge in [0.1, 0.15) is 0 Å². The van der Waals surface area contributed by atoms with E-state index in [-0.39, 0.29) is 28.6 Å². The Kier molecular flexibility index (Phi) is 6.82. The van der Waals surface area contributed by atoms with E-state index in [4.69, 9.17) is 27.9 Å². The lowest BCUT2D eigenvalue weighted by molar-refractivity contribution is -0.120. The summed E-state index contributed by atoms with van der Waals surface area (Å²) in [6.07, 6.45) is 1.37. The SMILES string of the molecule is COc1cc(C=NNC(=O)CNC(=O)c2ccc(Cl)cc2Cl)ccc1O. The smallest absolute Gasteiger partial charge is 0.259 e. The van der Waals surface area contributed by atoms with E-state index in [1.807, 2.05) is 0 Å². The van der Waals surface area contributed by atoms with Crippen molar-refractivity contribution >= 4 is 41.2 Å². The Morgan fingerprint density at radius 1 is 1.23 bits per heavy atom. The molecule has 136 valence electrons. The number of phenols is 1. The average Bonchev–Trinajstić information content (AvgIpc) is 2.61. The van der Waals surface area contributed by atoms with Crippen molar-refractivity contribution in [1.29, 1.82) is 0 Å². The molecule has 0 spiro atoms. The first-order valence-corrected chi connectivity index (χ1v) is 8.08. The molecule has 9 heteroatoms. The largest absolute Gasteiger partial charge is 0.504 e. The number of ether oxygens (including phenoxy) is 1. The zero-order valence-electron chi connectivity index (χ0n) is 13.6. The summed E-state index contributed by atoms with van der Waals surface area (Å²) >= 11 is 11.7. The molecular formula is C17H15Cl2N3O4. The number of rotatable bonds is 6. The molecule has 0 unspecified atom stereocenters. The third-order valence-corrected chi connectivity index (χ3v) is 3.74. The van der Waals surface area contributed by atoms with Crippen LogP contribution in [0.4, 0.5) is 0 Å². The highest BCUT2D eigenvalue weighted by Gasteiger charge is 2.11. The van der Waals surface area contributed by atoms with E-state index in [0.29, 0.717) is 10.6 Å². The molecule has 0 aliphatic carbocycles. The Hall–Kier alpha value is -2.77. The third kappa shape index (κ3) is 5.37. The van der Waals surface area contributed by atoms with Crippen LogP contribution in [0.1, 0.15) is 15.9 Å². The van der Waals surface area contributed by atoms with E-state index in [0.717, 1.165) is 0 Å². The number of hydrogen-bond donors (Lipinski definition) is 3. The molecule has 0 fully saturated rings. The summed E-state index contributed by atoms with van der Waals surface area (Å²) in [7, 11) is 1.42. The van der Waals surface area contributed by atoms with Crippen molar-refractivity contribution in [2.45, 2.75) is 0 Å². The molecule has 0 saturated heterocycles. The number of halogens is 2. The van der Waals surface area contributed by atoms with Crippen LogP contribution in [-0.2, 0) is 4.79 Å². The van der Waals surface area contributed by atoms with Gasteiger partial charge in [0.05, 0.1) is 30.5 Å². The normalized spacial score (nSPS) is 10.6. The molecule has 0 aromatic heterocycles. The van der Waals surface area contributed by atoms with Crippen LogP contribution in [0.25, 0.3) is 0 Å². The van der Waals surface area contributed by atoms with E-state index in [1.165, 1.54) is 37.6 Å². The van der Waals surface area contributed by atoms with Crippen LogP contribution in [0.2, 0.25) is 10.0 Å². The van der Waals surface area contributed by atoms with Gasteiger partial charge in [-0.15, -0.1) is 0 Å². The molecule has 26 heavy (non-hydrogen) atoms. The van der Waals surface area contributed by atoms with Crippen molar-refractivity contribution in [3.05, 3.63) is 57.6 Å². The zero-order valence-corrected chi connectivity index (χ0v) is 15.1. The van der Waals surface area contributed by atoms with Gasteiger partial charge < -0.3 is 15.2 Å². The van der Waals surface area contributed by atoms with Gasteiger partial charge in [-0.1, -0.05) is 23.2 Å². The number of hydrogen-bond acceptors (Lipinski definition) is 5. The third-order valence-electron chi connectivity index (χ3n) is 3.19. The Morgan fingerprint density at radius 3 is 2.69 bits per heavy atom. The van der Waals surface area contributed by atoms with Gasteiger partial charge in [0.15, 0.2) is 11.5 Å². The van der Waals surface area contributed by atoms with Crippen molar-refractivity contribution in [1.82, 2.24) is 10.7 Å². The molecule has 0 saturated carbocycles. The van der Waals surface area contributed by atoms with Crippen molar-refractivity contribution in [3.8, 4) is 11.5 Å². The molecule has 0 atom stereocenters. The van der Waals surface area contributed by atoms with Crippen molar-refractivity contribution in [2.75, 3.05) is 13.7 Å². The van der Waals surface area contributed by atoms with Gasteiger partial charge in [0.2, 0.25) is 0 Å². The summed E-state index contributed by atoms with van der Waals surface area (Å²) in [5.74, 6) is -0.746. The summed E-state index contributed by atoms with van der Waals surface area (Å²) in [5, 5.41) is 16.3. The first kappa shape index (κ1) is 19.6. The lowest BCUT2D eigenvalue weighted by atomic mass is 10.2. The minimum atomic E-state index is -0.523. The van der Waals surface area contributed by atoms with Gasteiger partial charge in [-0.2, -0.15) is 5.10 Å². The fraction of sp³-hybridized carbons (Fsp3) is 0.118. The maximum absolute atomic E-state index is 12.0. The topological polar surface area (TPSA) is 100 Å². The van der Waals surface area contributed by atoms with Gasteiger partial charge in [0, 0.05) is 5.02 Å². The zero-order chi connectivity index (χ0) is 19.1. The highest BCUT2D eigenvalue weighted by molar-refractivity contribution is 6.36. The number of hydrazone groups is 1. The van der Waals surface area contributed by atoms with Gasteiger partial charge in [-0.25, -0.2) is 5.43 Å². The molecule has 0 radical (unpaired) electrons. The molecule has 3 N–H and O–H groups in total. The standard InChI is InChI=1S/C17H15Cl2N3O4/c1-26-15-6-10(2-5-14(15)23)8-21-22-16(24)9-20-17(25)12-4-3-11(18)7-13(12)19/h2-8,23H,9H2,1H3,(H,20,25)(H,22,24). The van der Waals surface area contributed by atoms with Crippen molar-refractivity contribution in [2.24, 2.45) is 5.10 Å². The molecule has 0 aliphatic heterocycles. The second-order valence-corrected chi connectivity index (χ2v) is 5.87. The molecule has 2 aromatic rings. The number of carbonyl (C=O) groups is 2. The van der Waals surface area contributed by atoms with E-state index < -0.39 is 11.8 Å². The molecule has 0 bridgehead atoms. The highest BCUT2D eigenvalue weighted by Crippen LogP contribution is 2.25. The first-order chi connectivity index (χ1) is 12.4. The van der Waals surface area contributed by atoms with Crippen LogP contribution in [0.3, 0.4) is 0 Å². The Balaban J connectivity index is 1.86. The minimum Gasteiger partial charge on any atom is -0.504 e. The monoisotopic (exact) mass is 395 g/mol. The number of methoxy groups -OCH3 is 1. The van der Waals surface area contributed by atoms with Crippen LogP contribution in [-0.4, -0.2) is 36.8 Å². The van der Waals surface area contributed by atoms with Gasteiger partial charge >= 0.3 is 0 Å². The number of nitrogens with zero attached hydrogens (tertiary/aromatic N) is 1. The van der Waals surface area contributed by atoms with E-state index in [9.17, 15) is 14.7 Å². The van der Waals surface area contributed by atoms with Gasteiger partial charge in [0.25, 0.3) is 11.8 Å². The average molecular weight is 396 g/mol. The van der Waals surface area contributed by atoms with Crippen LogP contribution < -0.4 is 15.5 Å². The summed E-state index contributed by atoms with van der Waals surface area (Å²) in [6, 6.07) is 9.02. The highest BCUT2D eigenvalue weighted by atomic mass is 35.5. The Labute approximate surface area is 159 Å². The van der Waals surface area contributed by atoms with Gasteiger partial charge in [-0.3, -0.25) is 9.59 Å². The summed E-state index contributed by atoms with van der Waals surface area (Å²) in [6.45, 7) is -0.284. The molecule has 0 aliphatic rings. The predicted octanol–water partition coefficient (Wildman–Crippen LogP) is 2.59. The van der Waals surface area contributed by atoms with Crippen LogP contribution in [0.15, 0.2) is 41.5 Å². The maximum atomic E-state index is 12.0. The fourth-order valence-electron chi connectivity index (χ4n) is 1.92. The van der Waals surface area contributed by atoms with Crippen molar-refractivity contribution in [3.63, 3.8) is 0 Å². The number of phenolic OH excluding ortho intramolecular Hbond substituents is 1. The van der Waals surface area contributed by atoms with Crippen LogP contribution in [0, 0.1) is 0 Å². The number of aromatic hydroxyl groups is 1. The number of amides is 2. The Morgan fingerprint density at radius 2 is 2.00 bits per heavy atom. The molecule has 2 aromatic carbocycles. The van der Waals surface area contributed by atoms with Crippen LogP contribution >= 0.6 is 23.2 Å². The van der Waals surface area contributed by atoms with E-state index >= 15 is 0 Å².